The number of aliphatic hydroxyl groups excluding tert-OH is 1. The van der Waals surface area contributed by atoms with Crippen LogP contribution in [0, 0.1) is 0 Å². The lowest BCUT2D eigenvalue weighted by molar-refractivity contribution is -0.117. The predicted molar refractivity (Wildman–Crippen MR) is 87.0 cm³/mol. The minimum absolute atomic E-state index is 0.137. The van der Waals surface area contributed by atoms with Gasteiger partial charge in [-0.25, -0.2) is 0 Å². The second-order valence-corrected chi connectivity index (χ2v) is 5.39. The van der Waals surface area contributed by atoms with Gasteiger partial charge in [-0.2, -0.15) is 0 Å². The third-order valence-corrected chi connectivity index (χ3v) is 3.69. The maximum Gasteiger partial charge on any atom is 0.259 e. The van der Waals surface area contributed by atoms with E-state index in [1.165, 1.54) is 18.2 Å². The summed E-state index contributed by atoms with van der Waals surface area (Å²) in [6.45, 7) is 3.70. The SMILES string of the molecule is C/C=C(C)/C=C/C(O)=C1\C(=O)N[C@@H](Cc2ccc(O)cc2)C1=O. The third kappa shape index (κ3) is 3.88. The van der Waals surface area contributed by atoms with Gasteiger partial charge in [0.05, 0.1) is 6.04 Å². The number of carbonyl (C=O) groups is 2. The monoisotopic (exact) mass is 313 g/mol. The molecule has 3 N–H and O–H groups in total. The minimum Gasteiger partial charge on any atom is -0.508 e. The summed E-state index contributed by atoms with van der Waals surface area (Å²) < 4.78 is 0. The van der Waals surface area contributed by atoms with Gasteiger partial charge in [-0.05, 0) is 37.6 Å². The molecule has 23 heavy (non-hydrogen) atoms. The number of phenolic OH excluding ortho intramolecular Hbond substituents is 1. The van der Waals surface area contributed by atoms with Crippen LogP contribution in [-0.2, 0) is 16.0 Å². The number of allylic oxidation sites excluding steroid dienone is 4. The van der Waals surface area contributed by atoms with Gasteiger partial charge >= 0.3 is 0 Å². The fourth-order valence-electron chi connectivity index (χ4n) is 2.23. The summed E-state index contributed by atoms with van der Waals surface area (Å²) in [7, 11) is 0. The van der Waals surface area contributed by atoms with Crippen molar-refractivity contribution in [3.05, 3.63) is 65.0 Å². The number of nitrogens with one attached hydrogen (secondary N) is 1. The molecule has 5 heteroatoms. The Hall–Kier alpha value is -2.82. The van der Waals surface area contributed by atoms with Crippen LogP contribution < -0.4 is 5.32 Å². The van der Waals surface area contributed by atoms with Gasteiger partial charge in [0, 0.05) is 6.42 Å². The maximum atomic E-state index is 12.3. The summed E-state index contributed by atoms with van der Waals surface area (Å²) in [6, 6.07) is 5.71. The molecule has 1 saturated heterocycles. The Bertz CT molecular complexity index is 711. The number of amides is 1. The van der Waals surface area contributed by atoms with Gasteiger partial charge in [0.2, 0.25) is 0 Å². The van der Waals surface area contributed by atoms with Crippen molar-refractivity contribution in [2.45, 2.75) is 26.3 Å². The zero-order valence-corrected chi connectivity index (χ0v) is 13.0. The number of hydrogen-bond donors (Lipinski definition) is 3. The van der Waals surface area contributed by atoms with Gasteiger partial charge in [-0.3, -0.25) is 9.59 Å². The van der Waals surface area contributed by atoms with E-state index in [-0.39, 0.29) is 17.1 Å². The number of aliphatic hydroxyl groups is 1. The molecule has 1 aliphatic rings. The zero-order valence-electron chi connectivity index (χ0n) is 13.0. The molecular weight excluding hydrogens is 294 g/mol. The average molecular weight is 313 g/mol. The molecule has 1 amide bonds. The second-order valence-electron chi connectivity index (χ2n) is 5.39. The molecule has 0 aromatic heterocycles. The van der Waals surface area contributed by atoms with E-state index < -0.39 is 17.7 Å². The molecule has 1 aromatic rings. The molecule has 5 nitrogen and oxygen atoms in total. The molecule has 0 bridgehead atoms. The summed E-state index contributed by atoms with van der Waals surface area (Å²) in [4.78, 5) is 24.3. The standard InChI is InChI=1S/C18H19NO4/c1-3-11(2)4-9-15(21)16-17(22)14(19-18(16)23)10-12-5-7-13(20)8-6-12/h3-9,14,20-21H,10H2,1-2H3,(H,19,23)/b9-4+,11-3+,16-15+/t14-/m0/s1. The van der Waals surface area contributed by atoms with Crippen LogP contribution in [0.25, 0.3) is 0 Å². The molecule has 120 valence electrons. The van der Waals surface area contributed by atoms with Crippen molar-refractivity contribution < 1.29 is 19.8 Å². The van der Waals surface area contributed by atoms with Crippen molar-refractivity contribution in [1.82, 2.24) is 5.32 Å². The smallest absolute Gasteiger partial charge is 0.259 e. The van der Waals surface area contributed by atoms with E-state index >= 15 is 0 Å². The van der Waals surface area contributed by atoms with Crippen LogP contribution >= 0.6 is 0 Å². The van der Waals surface area contributed by atoms with Crippen LogP contribution in [0.15, 0.2) is 59.4 Å². The molecule has 0 saturated carbocycles. The third-order valence-electron chi connectivity index (χ3n) is 3.69. The van der Waals surface area contributed by atoms with E-state index in [0.717, 1.165) is 11.1 Å². The number of benzene rings is 1. The molecule has 0 radical (unpaired) electrons. The van der Waals surface area contributed by atoms with E-state index in [2.05, 4.69) is 5.32 Å². The molecule has 1 heterocycles. The first-order valence-electron chi connectivity index (χ1n) is 7.29. The van der Waals surface area contributed by atoms with Gasteiger partial charge in [0.15, 0.2) is 5.78 Å². The van der Waals surface area contributed by atoms with Gasteiger partial charge in [-0.1, -0.05) is 29.9 Å². The Kier molecular flexibility index (Phi) is 5.01. The molecule has 1 aromatic carbocycles. The zero-order chi connectivity index (χ0) is 17.0. The Balaban J connectivity index is 2.19. The normalized spacial score (nSPS) is 21.0. The largest absolute Gasteiger partial charge is 0.508 e. The number of ketones is 1. The second kappa shape index (κ2) is 6.96. The lowest BCUT2D eigenvalue weighted by Crippen LogP contribution is -2.31. The summed E-state index contributed by atoms with van der Waals surface area (Å²) in [5, 5.41) is 21.8. The summed E-state index contributed by atoms with van der Waals surface area (Å²) >= 11 is 0. The summed E-state index contributed by atoms with van der Waals surface area (Å²) in [5.74, 6) is -1.19. The highest BCUT2D eigenvalue weighted by Gasteiger charge is 2.37. The van der Waals surface area contributed by atoms with Crippen molar-refractivity contribution in [3.63, 3.8) is 0 Å². The van der Waals surface area contributed by atoms with Crippen molar-refractivity contribution in [3.8, 4) is 5.75 Å². The number of Topliss-reactive ketones (excluding diaryl/α,β-unsaturated/α-hetero) is 1. The lowest BCUT2D eigenvalue weighted by Gasteiger charge is -2.08. The fraction of sp³-hybridized carbons (Fsp3) is 0.222. The van der Waals surface area contributed by atoms with Crippen molar-refractivity contribution >= 4 is 11.7 Å². The first kappa shape index (κ1) is 16.5. The summed E-state index contributed by atoms with van der Waals surface area (Å²) in [5.41, 5.74) is 1.50. The van der Waals surface area contributed by atoms with Crippen LogP contribution in [0.2, 0.25) is 0 Å². The highest BCUT2D eigenvalue weighted by molar-refractivity contribution is 6.27. The van der Waals surface area contributed by atoms with Crippen LogP contribution in [0.1, 0.15) is 19.4 Å². The van der Waals surface area contributed by atoms with Crippen molar-refractivity contribution in [1.29, 1.82) is 0 Å². The molecule has 1 atom stereocenters. The number of hydrogen-bond acceptors (Lipinski definition) is 4. The average Bonchev–Trinajstić information content (AvgIpc) is 2.81. The fourth-order valence-corrected chi connectivity index (χ4v) is 2.23. The maximum absolute atomic E-state index is 12.3. The number of carbonyl (C=O) groups excluding carboxylic acids is 2. The molecular formula is C18H19NO4. The molecule has 1 fully saturated rings. The molecule has 1 aliphatic heterocycles. The Morgan fingerprint density at radius 3 is 2.48 bits per heavy atom. The van der Waals surface area contributed by atoms with Crippen LogP contribution in [-0.4, -0.2) is 27.9 Å². The summed E-state index contributed by atoms with van der Waals surface area (Å²) in [6.07, 6.45) is 5.14. The van der Waals surface area contributed by atoms with E-state index in [1.54, 1.807) is 18.2 Å². The first-order valence-corrected chi connectivity index (χ1v) is 7.29. The van der Waals surface area contributed by atoms with Gasteiger partial charge < -0.3 is 15.5 Å². The number of rotatable bonds is 4. The molecule has 2 rings (SSSR count). The van der Waals surface area contributed by atoms with Gasteiger partial charge in [0.1, 0.15) is 17.1 Å². The van der Waals surface area contributed by atoms with Crippen LogP contribution in [0.5, 0.6) is 5.75 Å². The van der Waals surface area contributed by atoms with Crippen LogP contribution in [0.4, 0.5) is 0 Å². The highest BCUT2D eigenvalue weighted by atomic mass is 16.3. The van der Waals surface area contributed by atoms with Crippen molar-refractivity contribution in [2.24, 2.45) is 0 Å². The minimum atomic E-state index is -0.708. The Labute approximate surface area is 134 Å². The first-order chi connectivity index (χ1) is 10.9. The van der Waals surface area contributed by atoms with Gasteiger partial charge in [-0.15, -0.1) is 0 Å². The number of phenols is 1. The molecule has 0 spiro atoms. The van der Waals surface area contributed by atoms with E-state index in [1.807, 2.05) is 19.9 Å². The highest BCUT2D eigenvalue weighted by Crippen LogP contribution is 2.19. The van der Waals surface area contributed by atoms with Gasteiger partial charge in [0.25, 0.3) is 5.91 Å². The quantitative estimate of drug-likeness (QED) is 0.345. The van der Waals surface area contributed by atoms with E-state index in [9.17, 15) is 19.8 Å². The topological polar surface area (TPSA) is 86.6 Å². The molecule has 0 unspecified atom stereocenters. The van der Waals surface area contributed by atoms with E-state index in [4.69, 9.17) is 0 Å². The molecule has 0 aliphatic carbocycles. The van der Waals surface area contributed by atoms with Crippen molar-refractivity contribution in [2.75, 3.05) is 0 Å². The van der Waals surface area contributed by atoms with E-state index in [0.29, 0.717) is 6.42 Å². The Morgan fingerprint density at radius 2 is 1.87 bits per heavy atom. The number of aromatic hydroxyl groups is 1. The van der Waals surface area contributed by atoms with Crippen LogP contribution in [0.3, 0.4) is 0 Å². The predicted octanol–water partition coefficient (Wildman–Crippen LogP) is 2.34. The lowest BCUT2D eigenvalue weighted by atomic mass is 10.0. The Morgan fingerprint density at radius 1 is 1.22 bits per heavy atom.